The van der Waals surface area contributed by atoms with Crippen LogP contribution in [0.4, 0.5) is 0 Å². The zero-order chi connectivity index (χ0) is 50.5. The van der Waals surface area contributed by atoms with Gasteiger partial charge in [-0.1, -0.05) is 49.1 Å². The molecule has 15 nitrogen and oxygen atoms in total. The van der Waals surface area contributed by atoms with Crippen LogP contribution in [0.15, 0.2) is 159 Å². The van der Waals surface area contributed by atoms with E-state index in [1.165, 1.54) is 0 Å². The van der Waals surface area contributed by atoms with Gasteiger partial charge in [0, 0.05) is 0 Å². The summed E-state index contributed by atoms with van der Waals surface area (Å²) >= 11 is 0. The highest BCUT2D eigenvalue weighted by Crippen LogP contribution is 2.78. The van der Waals surface area contributed by atoms with Crippen LogP contribution >= 0.6 is 23.0 Å². The number of rotatable bonds is 24. The molecule has 1 aliphatic rings. The lowest BCUT2D eigenvalue weighted by atomic mass is 10.3. The van der Waals surface area contributed by atoms with Crippen molar-refractivity contribution in [1.82, 2.24) is 0 Å². The van der Waals surface area contributed by atoms with Crippen molar-refractivity contribution in [3.05, 3.63) is 146 Å². The number of nitrogens with zero attached hydrogens (tertiary/aromatic N) is 3. The highest BCUT2D eigenvalue weighted by atomic mass is 31.3. The van der Waals surface area contributed by atoms with E-state index in [4.69, 9.17) is 108 Å². The van der Waals surface area contributed by atoms with Crippen LogP contribution in [0, 0.1) is 74.1 Å². The van der Waals surface area contributed by atoms with Crippen molar-refractivity contribution < 1.29 is 55.6 Å². The fraction of sp³-hybridized carbons (Fsp3) is 0.111. The molecule has 1 aliphatic heterocycles. The highest BCUT2D eigenvalue weighted by Gasteiger charge is 2.49. The summed E-state index contributed by atoms with van der Waals surface area (Å²) < 4.78 is 91.4. The second kappa shape index (κ2) is 25.0. The summed E-state index contributed by atoms with van der Waals surface area (Å²) in [5.41, 5.74) is 0. The fourth-order valence-electron chi connectivity index (χ4n) is 5.91. The molecule has 18 heteroatoms. The van der Waals surface area contributed by atoms with Gasteiger partial charge in [0.15, 0.2) is 0 Å². The molecule has 72 heavy (non-hydrogen) atoms. The molecule has 0 aliphatic carbocycles. The normalized spacial score (nSPS) is 13.1. The fourth-order valence-corrected chi connectivity index (χ4v) is 15.0. The van der Waals surface area contributed by atoms with Gasteiger partial charge >= 0.3 is 23.0 Å². The van der Waals surface area contributed by atoms with Gasteiger partial charge in [0.05, 0.1) is 0 Å². The maximum absolute atomic E-state index is 6.94. The second-order valence-electron chi connectivity index (χ2n) is 14.1. The molecule has 0 unspecified atom stereocenters. The minimum atomic E-state index is -4.37. The van der Waals surface area contributed by atoms with Crippen molar-refractivity contribution in [3.8, 4) is 143 Å². The van der Waals surface area contributed by atoms with Gasteiger partial charge in [-0.25, -0.2) is 0 Å². The monoisotopic (exact) mass is 1020 g/mol. The largest absolute Gasteiger partial charge is 0.481 e. The van der Waals surface area contributed by atoms with Crippen LogP contribution in [0.3, 0.4) is 0 Å². The molecule has 6 aromatic rings. The first-order valence-electron chi connectivity index (χ1n) is 21.3. The number of hydrogen-bond acceptors (Lipinski definition) is 15. The molecule has 0 saturated carbocycles. The summed E-state index contributed by atoms with van der Waals surface area (Å²) in [7, 11) is -13.1. The van der Waals surface area contributed by atoms with E-state index in [0.717, 1.165) is 0 Å². The van der Waals surface area contributed by atoms with Gasteiger partial charge in [0.2, 0.25) is 0 Å². The Hall–Kier alpha value is -9.03. The van der Waals surface area contributed by atoms with Crippen molar-refractivity contribution in [2.45, 2.75) is 0 Å². The Morgan fingerprint density at radius 3 is 0.486 bits per heavy atom. The Bertz CT molecular complexity index is 2660. The quantitative estimate of drug-likeness (QED) is 0.0420. The molecule has 6 aromatic carbocycles. The molecule has 0 spiro atoms. The van der Waals surface area contributed by atoms with Gasteiger partial charge in [-0.2, -0.15) is 0 Å². The molecule has 0 bridgehead atoms. The summed E-state index contributed by atoms with van der Waals surface area (Å²) in [6.07, 6.45) is 32.9. The van der Waals surface area contributed by atoms with E-state index in [1.54, 1.807) is 146 Å². The van der Waals surface area contributed by atoms with Crippen LogP contribution in [0.5, 0.6) is 69.0 Å². The van der Waals surface area contributed by atoms with Crippen LogP contribution < -0.4 is 55.6 Å². The van der Waals surface area contributed by atoms with Crippen molar-refractivity contribution >= 4 is 23.0 Å². The molecule has 360 valence electrons. The molecular weight excluding hydrogens is 976 g/mol. The van der Waals surface area contributed by atoms with E-state index in [2.05, 4.69) is 35.5 Å². The average molecular weight is 1020 g/mol. The van der Waals surface area contributed by atoms with Gasteiger partial charge in [-0.15, -0.1) is 38.5 Å². The first-order chi connectivity index (χ1) is 35.2. The summed E-state index contributed by atoms with van der Waals surface area (Å²) in [6.45, 7) is 0.160. The molecule has 0 atom stereocenters. The van der Waals surface area contributed by atoms with Crippen molar-refractivity contribution in [2.75, 3.05) is 39.6 Å². The van der Waals surface area contributed by atoms with E-state index < -0.39 is 23.0 Å². The molecular formula is C54H42N3O12P3. The molecule has 0 aromatic heterocycles. The molecule has 0 N–H and O–H groups in total. The van der Waals surface area contributed by atoms with Crippen LogP contribution in [0.1, 0.15) is 0 Å². The Morgan fingerprint density at radius 2 is 0.361 bits per heavy atom. The Kier molecular flexibility index (Phi) is 17.7. The zero-order valence-corrected chi connectivity index (χ0v) is 40.8. The van der Waals surface area contributed by atoms with Gasteiger partial charge in [0.1, 0.15) is 109 Å². The topological polar surface area (TPSA) is 148 Å². The predicted molar refractivity (Wildman–Crippen MR) is 276 cm³/mol. The third-order valence-corrected chi connectivity index (χ3v) is 17.0. The minimum Gasteiger partial charge on any atom is -0.481 e. The lowest BCUT2D eigenvalue weighted by molar-refractivity contribution is 0.369. The summed E-state index contributed by atoms with van der Waals surface area (Å²) in [4.78, 5) is 0. The van der Waals surface area contributed by atoms with Gasteiger partial charge in [-0.3, -0.25) is 0 Å². The number of terminal acetylenes is 6. The van der Waals surface area contributed by atoms with Gasteiger partial charge in [0.25, 0.3) is 0 Å². The Balaban J connectivity index is 1.53. The lowest BCUT2D eigenvalue weighted by Gasteiger charge is -2.33. The maximum atomic E-state index is 6.94. The summed E-state index contributed by atoms with van der Waals surface area (Å²) in [6, 6.07) is 39.4. The van der Waals surface area contributed by atoms with E-state index >= 15 is 0 Å². The van der Waals surface area contributed by atoms with Crippen molar-refractivity contribution in [3.63, 3.8) is 0 Å². The van der Waals surface area contributed by atoms with Gasteiger partial charge < -0.3 is 55.6 Å². The summed E-state index contributed by atoms with van der Waals surface area (Å²) in [5, 5.41) is 0. The maximum Gasteiger partial charge on any atom is 0.460 e. The standard InChI is InChI=1S/C54H42N3O12P3/c1-7-37-58-43-13-25-49(26-14-43)64-70(65-50-27-15-44(16-28-50)59-38-8-2)55-71(66-51-29-17-45(18-30-51)60-39-9-3,67-52-31-19-46(20-32-52)61-40-10-4)57-72(56-70,68-53-33-21-47(22-34-53)62-41-11-5)69-54-35-23-48(24-36-54)63-42-12-6/h1-6,13-36H,37-42H2. The second-order valence-corrected chi connectivity index (χ2v) is 20.3. The lowest BCUT2D eigenvalue weighted by Crippen LogP contribution is -2.11. The van der Waals surface area contributed by atoms with Crippen LogP contribution in [-0.4, -0.2) is 39.6 Å². The van der Waals surface area contributed by atoms with Crippen LogP contribution in [-0.2, 0) is 0 Å². The zero-order valence-electron chi connectivity index (χ0n) is 38.1. The average Bonchev–Trinajstić information content (AvgIpc) is 3.39. The van der Waals surface area contributed by atoms with E-state index in [1.807, 2.05) is 0 Å². The molecule has 1 heterocycles. The third-order valence-electron chi connectivity index (χ3n) is 8.90. The van der Waals surface area contributed by atoms with Crippen LogP contribution in [0.25, 0.3) is 0 Å². The van der Waals surface area contributed by atoms with Crippen molar-refractivity contribution in [1.29, 1.82) is 0 Å². The molecule has 0 saturated heterocycles. The van der Waals surface area contributed by atoms with Crippen LogP contribution in [0.2, 0.25) is 0 Å². The molecule has 0 amide bonds. The molecule has 0 radical (unpaired) electrons. The third kappa shape index (κ3) is 14.5. The number of ether oxygens (including phenoxy) is 6. The minimum absolute atomic E-state index is 0.0267. The van der Waals surface area contributed by atoms with E-state index in [0.29, 0.717) is 34.5 Å². The predicted octanol–water partition coefficient (Wildman–Crippen LogP) is 12.4. The Labute approximate surface area is 418 Å². The smallest absolute Gasteiger partial charge is 0.460 e. The molecule has 7 rings (SSSR count). The van der Waals surface area contributed by atoms with Crippen molar-refractivity contribution in [2.24, 2.45) is 13.5 Å². The molecule has 0 fully saturated rings. The highest BCUT2D eigenvalue weighted by molar-refractivity contribution is 7.79. The van der Waals surface area contributed by atoms with E-state index in [-0.39, 0.29) is 74.1 Å². The Morgan fingerprint density at radius 1 is 0.236 bits per heavy atom. The van der Waals surface area contributed by atoms with Gasteiger partial charge in [-0.05, 0) is 146 Å². The first-order valence-corrected chi connectivity index (χ1v) is 25.8. The first kappa shape index (κ1) is 50.8. The number of benzene rings is 6. The number of hydrogen-bond donors (Lipinski definition) is 0. The SMILES string of the molecule is C#CCOc1ccc(OP2(Oc3ccc(OCC#C)cc3)=NP(Oc3ccc(OCC#C)cc3)(Oc3ccc(OCC#C)cc3)=NP(Oc3ccc(OCC#C)cc3)(Oc3ccc(OCC#C)cc3)=N2)cc1. The summed E-state index contributed by atoms with van der Waals surface area (Å²) in [5.74, 6) is 18.8. The van der Waals surface area contributed by atoms with E-state index in [9.17, 15) is 0 Å².